The zero-order chi connectivity index (χ0) is 17.9. The molecule has 0 radical (unpaired) electrons. The fraction of sp³-hybridized carbons (Fsp3) is 0.368. The molecule has 132 valence electrons. The van der Waals surface area contributed by atoms with Crippen LogP contribution >= 0.6 is 39.7 Å². The second kappa shape index (κ2) is 8.02. The number of benzene rings is 1. The van der Waals surface area contributed by atoms with Crippen LogP contribution in [-0.2, 0) is 5.41 Å². The number of halogens is 2. The lowest BCUT2D eigenvalue weighted by molar-refractivity contribution is 0.435. The first-order valence-electron chi connectivity index (χ1n) is 8.42. The SMILES string of the molecule is Cc1cnc(NC(=S)NCC2(c3cccc(Cl)c3)CCCC2)c(Br)c1. The van der Waals surface area contributed by atoms with Gasteiger partial charge in [-0.15, -0.1) is 0 Å². The van der Waals surface area contributed by atoms with Crippen LogP contribution in [0.15, 0.2) is 41.0 Å². The van der Waals surface area contributed by atoms with Crippen LogP contribution in [0.1, 0.15) is 36.8 Å². The summed E-state index contributed by atoms with van der Waals surface area (Å²) in [6.07, 6.45) is 6.59. The lowest BCUT2D eigenvalue weighted by Crippen LogP contribution is -2.41. The average Bonchev–Trinajstić information content (AvgIpc) is 3.06. The normalized spacial score (nSPS) is 15.8. The molecule has 0 unspecified atom stereocenters. The molecule has 0 atom stereocenters. The number of anilines is 1. The molecular weight excluding hydrogens is 418 g/mol. The number of pyridine rings is 1. The van der Waals surface area contributed by atoms with Gasteiger partial charge in [-0.3, -0.25) is 0 Å². The molecule has 1 saturated carbocycles. The summed E-state index contributed by atoms with van der Waals surface area (Å²) in [4.78, 5) is 4.38. The number of aromatic nitrogens is 1. The first-order chi connectivity index (χ1) is 12.0. The van der Waals surface area contributed by atoms with Crippen molar-refractivity contribution in [1.82, 2.24) is 10.3 Å². The smallest absolute Gasteiger partial charge is 0.172 e. The topological polar surface area (TPSA) is 37.0 Å². The lowest BCUT2D eigenvalue weighted by atomic mass is 9.79. The molecule has 0 amide bonds. The molecule has 2 aromatic rings. The zero-order valence-electron chi connectivity index (χ0n) is 14.1. The fourth-order valence-corrected chi connectivity index (χ4v) is 4.39. The van der Waals surface area contributed by atoms with E-state index in [2.05, 4.69) is 43.7 Å². The summed E-state index contributed by atoms with van der Waals surface area (Å²) in [7, 11) is 0. The molecule has 0 spiro atoms. The number of thiocarbonyl (C=S) groups is 1. The van der Waals surface area contributed by atoms with E-state index in [1.807, 2.05) is 31.3 Å². The van der Waals surface area contributed by atoms with Crippen LogP contribution in [0.2, 0.25) is 5.02 Å². The molecule has 6 heteroatoms. The Labute approximate surface area is 167 Å². The number of hydrogen-bond donors (Lipinski definition) is 2. The van der Waals surface area contributed by atoms with Crippen molar-refractivity contribution in [3.05, 3.63) is 57.2 Å². The van der Waals surface area contributed by atoms with Crippen LogP contribution in [0.5, 0.6) is 0 Å². The fourth-order valence-electron chi connectivity index (χ4n) is 3.46. The maximum Gasteiger partial charge on any atom is 0.172 e. The third-order valence-corrected chi connectivity index (χ3v) is 5.88. The van der Waals surface area contributed by atoms with E-state index in [0.29, 0.717) is 5.11 Å². The molecule has 1 fully saturated rings. The summed E-state index contributed by atoms with van der Waals surface area (Å²) in [5, 5.41) is 7.95. The molecule has 2 N–H and O–H groups in total. The molecular formula is C19H21BrClN3S. The van der Waals surface area contributed by atoms with E-state index >= 15 is 0 Å². The van der Waals surface area contributed by atoms with E-state index in [-0.39, 0.29) is 5.41 Å². The van der Waals surface area contributed by atoms with Gasteiger partial charge in [-0.2, -0.15) is 0 Å². The highest BCUT2D eigenvalue weighted by Crippen LogP contribution is 2.41. The molecule has 1 heterocycles. The van der Waals surface area contributed by atoms with Crippen molar-refractivity contribution in [2.24, 2.45) is 0 Å². The third-order valence-electron chi connectivity index (χ3n) is 4.79. The van der Waals surface area contributed by atoms with Crippen LogP contribution in [0.25, 0.3) is 0 Å². The van der Waals surface area contributed by atoms with E-state index in [1.165, 1.54) is 18.4 Å². The second-order valence-corrected chi connectivity index (χ2v) is 8.35. The minimum atomic E-state index is 0.0918. The highest BCUT2D eigenvalue weighted by atomic mass is 79.9. The molecule has 1 aromatic carbocycles. The first kappa shape index (κ1) is 18.6. The highest BCUT2D eigenvalue weighted by molar-refractivity contribution is 9.10. The lowest BCUT2D eigenvalue weighted by Gasteiger charge is -2.30. The predicted molar refractivity (Wildman–Crippen MR) is 112 cm³/mol. The summed E-state index contributed by atoms with van der Waals surface area (Å²) < 4.78 is 0.905. The van der Waals surface area contributed by atoms with E-state index in [4.69, 9.17) is 23.8 Å². The van der Waals surface area contributed by atoms with Crippen molar-refractivity contribution in [3.8, 4) is 0 Å². The number of aryl methyl sites for hydroxylation is 1. The predicted octanol–water partition coefficient (Wildman–Crippen LogP) is 5.60. The maximum atomic E-state index is 6.21. The second-order valence-electron chi connectivity index (χ2n) is 6.65. The maximum absolute atomic E-state index is 6.21. The Kier molecular flexibility index (Phi) is 5.97. The molecule has 3 rings (SSSR count). The molecule has 25 heavy (non-hydrogen) atoms. The molecule has 1 aliphatic rings. The summed E-state index contributed by atoms with van der Waals surface area (Å²) in [5.74, 6) is 0.728. The van der Waals surface area contributed by atoms with E-state index in [1.54, 1.807) is 0 Å². The van der Waals surface area contributed by atoms with Crippen LogP contribution in [0.3, 0.4) is 0 Å². The van der Waals surface area contributed by atoms with Crippen molar-refractivity contribution in [2.75, 3.05) is 11.9 Å². The number of nitrogens with zero attached hydrogens (tertiary/aromatic N) is 1. The molecule has 0 saturated heterocycles. The Morgan fingerprint density at radius 3 is 2.76 bits per heavy atom. The van der Waals surface area contributed by atoms with Gasteiger partial charge in [0, 0.05) is 23.2 Å². The van der Waals surface area contributed by atoms with Gasteiger partial charge in [-0.05, 0) is 77.2 Å². The monoisotopic (exact) mass is 437 g/mol. The standard InChI is InChI=1S/C19H21BrClN3S/c1-13-9-16(20)17(22-11-13)24-18(25)23-12-19(7-2-3-8-19)14-5-4-6-15(21)10-14/h4-6,9-11H,2-3,7-8,12H2,1H3,(H2,22,23,24,25). The van der Waals surface area contributed by atoms with Gasteiger partial charge in [-0.25, -0.2) is 4.98 Å². The zero-order valence-corrected chi connectivity index (χ0v) is 17.3. The Hall–Kier alpha value is -1.17. The summed E-state index contributed by atoms with van der Waals surface area (Å²) >= 11 is 15.2. The first-order valence-corrected chi connectivity index (χ1v) is 9.99. The van der Waals surface area contributed by atoms with Gasteiger partial charge in [0.15, 0.2) is 5.11 Å². The minimum absolute atomic E-state index is 0.0918. The Balaban J connectivity index is 1.68. The van der Waals surface area contributed by atoms with Crippen molar-refractivity contribution in [3.63, 3.8) is 0 Å². The Morgan fingerprint density at radius 1 is 1.32 bits per heavy atom. The molecule has 0 bridgehead atoms. The average molecular weight is 439 g/mol. The van der Waals surface area contributed by atoms with Crippen molar-refractivity contribution >= 4 is 50.7 Å². The molecule has 1 aliphatic carbocycles. The van der Waals surface area contributed by atoms with Crippen LogP contribution in [0.4, 0.5) is 5.82 Å². The Bertz CT molecular complexity index is 775. The van der Waals surface area contributed by atoms with Gasteiger partial charge in [-0.1, -0.05) is 36.6 Å². The van der Waals surface area contributed by atoms with Crippen molar-refractivity contribution in [1.29, 1.82) is 0 Å². The number of hydrogen-bond acceptors (Lipinski definition) is 2. The molecule has 1 aromatic heterocycles. The summed E-state index contributed by atoms with van der Waals surface area (Å²) in [5.41, 5.74) is 2.48. The van der Waals surface area contributed by atoms with Gasteiger partial charge in [0.25, 0.3) is 0 Å². The van der Waals surface area contributed by atoms with Crippen LogP contribution < -0.4 is 10.6 Å². The Morgan fingerprint density at radius 2 is 2.08 bits per heavy atom. The largest absolute Gasteiger partial charge is 0.362 e. The van der Waals surface area contributed by atoms with Gasteiger partial charge >= 0.3 is 0 Å². The van der Waals surface area contributed by atoms with Gasteiger partial charge in [0.1, 0.15) is 5.82 Å². The number of nitrogens with one attached hydrogen (secondary N) is 2. The highest BCUT2D eigenvalue weighted by Gasteiger charge is 2.35. The molecule has 3 nitrogen and oxygen atoms in total. The van der Waals surface area contributed by atoms with Crippen LogP contribution in [0, 0.1) is 6.92 Å². The van der Waals surface area contributed by atoms with E-state index in [0.717, 1.165) is 40.3 Å². The third kappa shape index (κ3) is 4.52. The summed E-state index contributed by atoms with van der Waals surface area (Å²) in [6, 6.07) is 10.2. The number of rotatable bonds is 4. The summed E-state index contributed by atoms with van der Waals surface area (Å²) in [6.45, 7) is 2.80. The van der Waals surface area contributed by atoms with E-state index < -0.39 is 0 Å². The van der Waals surface area contributed by atoms with E-state index in [9.17, 15) is 0 Å². The van der Waals surface area contributed by atoms with Gasteiger partial charge in [0.05, 0.1) is 4.47 Å². The van der Waals surface area contributed by atoms with Gasteiger partial charge < -0.3 is 10.6 Å². The molecule has 0 aliphatic heterocycles. The quantitative estimate of drug-likeness (QED) is 0.609. The minimum Gasteiger partial charge on any atom is -0.362 e. The van der Waals surface area contributed by atoms with Crippen molar-refractivity contribution < 1.29 is 0 Å². The van der Waals surface area contributed by atoms with Gasteiger partial charge in [0.2, 0.25) is 0 Å². The van der Waals surface area contributed by atoms with Crippen LogP contribution in [-0.4, -0.2) is 16.6 Å². The van der Waals surface area contributed by atoms with Crippen molar-refractivity contribution in [2.45, 2.75) is 38.0 Å².